The molecule has 0 aromatic heterocycles. The van der Waals surface area contributed by atoms with Gasteiger partial charge in [0.15, 0.2) is 0 Å². The average molecular weight is 383 g/mol. The molecular weight excluding hydrogens is 367 g/mol. The van der Waals surface area contributed by atoms with Crippen molar-refractivity contribution in [3.63, 3.8) is 0 Å². The summed E-state index contributed by atoms with van der Waals surface area (Å²) in [6.07, 6.45) is 0. The van der Waals surface area contributed by atoms with E-state index in [0.29, 0.717) is 11.3 Å². The number of fused-ring (bicyclic) bond motifs is 1. The molecule has 2 aromatic rings. The fourth-order valence-corrected chi connectivity index (χ4v) is 4.15. The van der Waals surface area contributed by atoms with Crippen LogP contribution in [0.25, 0.3) is 0 Å². The Hall–Kier alpha value is -2.12. The maximum Gasteiger partial charge on any atom is 0.261 e. The van der Waals surface area contributed by atoms with E-state index in [4.69, 9.17) is 11.6 Å². The highest BCUT2D eigenvalue weighted by Gasteiger charge is 2.42. The second-order valence-corrected chi connectivity index (χ2v) is 8.49. The predicted octanol–water partition coefficient (Wildman–Crippen LogP) is 3.53. The largest absolute Gasteiger partial charge is 0.314 e. The summed E-state index contributed by atoms with van der Waals surface area (Å²) in [4.78, 5) is 13.8. The number of anilines is 2. The van der Waals surface area contributed by atoms with E-state index in [-0.39, 0.29) is 21.5 Å². The van der Waals surface area contributed by atoms with Gasteiger partial charge in [-0.3, -0.25) is 9.52 Å². The van der Waals surface area contributed by atoms with Crippen molar-refractivity contribution >= 4 is 38.9 Å². The number of amides is 1. The third-order valence-corrected chi connectivity index (χ3v) is 5.99. The summed E-state index contributed by atoms with van der Waals surface area (Å²) in [6, 6.07) is 8.09. The van der Waals surface area contributed by atoms with Gasteiger partial charge in [-0.25, -0.2) is 12.8 Å². The summed E-state index contributed by atoms with van der Waals surface area (Å²) in [5.41, 5.74) is 0.660. The zero-order valence-corrected chi connectivity index (χ0v) is 15.4. The van der Waals surface area contributed by atoms with Gasteiger partial charge in [0.25, 0.3) is 10.0 Å². The average Bonchev–Trinajstić information content (AvgIpc) is 2.71. The van der Waals surface area contributed by atoms with Crippen LogP contribution in [0.1, 0.15) is 19.4 Å². The van der Waals surface area contributed by atoms with Gasteiger partial charge in [-0.15, -0.1) is 0 Å². The summed E-state index contributed by atoms with van der Waals surface area (Å²) in [5, 5.41) is -0.178. The van der Waals surface area contributed by atoms with E-state index in [1.807, 2.05) is 0 Å². The maximum atomic E-state index is 13.2. The summed E-state index contributed by atoms with van der Waals surface area (Å²) in [5.74, 6) is -0.735. The SMILES string of the molecule is CN1C(=O)C(C)(C)c2cc(S(=O)(=O)Nc3ccc(F)c(Cl)c3)ccc21. The van der Waals surface area contributed by atoms with Crippen molar-refractivity contribution in [1.82, 2.24) is 0 Å². The van der Waals surface area contributed by atoms with Crippen molar-refractivity contribution in [3.8, 4) is 0 Å². The van der Waals surface area contributed by atoms with E-state index in [1.165, 1.54) is 29.2 Å². The minimum atomic E-state index is -3.91. The molecule has 0 aliphatic carbocycles. The number of likely N-dealkylation sites (N-methyl/N-ethyl adjacent to an activating group) is 1. The van der Waals surface area contributed by atoms with Crippen molar-refractivity contribution in [3.05, 3.63) is 52.8 Å². The Morgan fingerprint density at radius 3 is 2.48 bits per heavy atom. The number of hydrogen-bond acceptors (Lipinski definition) is 3. The topological polar surface area (TPSA) is 66.5 Å². The molecule has 1 aliphatic rings. The smallest absolute Gasteiger partial charge is 0.261 e. The molecule has 0 bridgehead atoms. The van der Waals surface area contributed by atoms with Gasteiger partial charge < -0.3 is 4.90 Å². The Morgan fingerprint density at radius 1 is 1.16 bits per heavy atom. The minimum Gasteiger partial charge on any atom is -0.314 e. The van der Waals surface area contributed by atoms with E-state index in [9.17, 15) is 17.6 Å². The molecule has 132 valence electrons. The molecule has 2 aromatic carbocycles. The second-order valence-electron chi connectivity index (χ2n) is 6.40. The van der Waals surface area contributed by atoms with Crippen LogP contribution in [0.4, 0.5) is 15.8 Å². The standard InChI is InChI=1S/C17H16ClFN2O3S/c1-17(2)12-9-11(5-7-15(12)21(3)16(17)22)25(23,24)20-10-4-6-14(19)13(18)8-10/h4-9,20H,1-3H3. The molecule has 0 saturated heterocycles. The molecular formula is C17H16ClFN2O3S. The van der Waals surface area contributed by atoms with E-state index in [1.54, 1.807) is 27.0 Å². The molecule has 0 radical (unpaired) electrons. The van der Waals surface area contributed by atoms with Gasteiger partial charge in [-0.2, -0.15) is 0 Å². The molecule has 0 saturated carbocycles. The zero-order valence-electron chi connectivity index (χ0n) is 13.8. The van der Waals surface area contributed by atoms with Crippen molar-refractivity contribution in [2.45, 2.75) is 24.2 Å². The van der Waals surface area contributed by atoms with E-state index >= 15 is 0 Å². The Kier molecular flexibility index (Phi) is 4.04. The van der Waals surface area contributed by atoms with E-state index < -0.39 is 21.3 Å². The lowest BCUT2D eigenvalue weighted by Crippen LogP contribution is -2.33. The molecule has 1 N–H and O–H groups in total. The third kappa shape index (κ3) is 2.87. The molecule has 1 amide bonds. The van der Waals surface area contributed by atoms with Gasteiger partial charge in [0.05, 0.1) is 21.0 Å². The van der Waals surface area contributed by atoms with Crippen LogP contribution < -0.4 is 9.62 Å². The lowest BCUT2D eigenvalue weighted by molar-refractivity contribution is -0.121. The Balaban J connectivity index is 2.01. The maximum absolute atomic E-state index is 13.2. The number of halogens is 2. The Morgan fingerprint density at radius 2 is 1.84 bits per heavy atom. The summed E-state index contributed by atoms with van der Waals surface area (Å²) in [7, 11) is -2.25. The Labute approximate surface area is 150 Å². The lowest BCUT2D eigenvalue weighted by atomic mass is 9.86. The van der Waals surface area contributed by atoms with Crippen LogP contribution in [0.15, 0.2) is 41.3 Å². The highest BCUT2D eigenvalue weighted by molar-refractivity contribution is 7.92. The van der Waals surface area contributed by atoms with Crippen LogP contribution >= 0.6 is 11.6 Å². The molecule has 0 spiro atoms. The number of nitrogens with zero attached hydrogens (tertiary/aromatic N) is 1. The van der Waals surface area contributed by atoms with Crippen LogP contribution in [0.5, 0.6) is 0 Å². The van der Waals surface area contributed by atoms with Gasteiger partial charge in [0.1, 0.15) is 5.82 Å². The first-order valence-corrected chi connectivity index (χ1v) is 9.31. The van der Waals surface area contributed by atoms with E-state index in [0.717, 1.165) is 6.07 Å². The second kappa shape index (κ2) is 5.71. The molecule has 1 heterocycles. The lowest BCUT2D eigenvalue weighted by Gasteiger charge is -2.17. The summed E-state index contributed by atoms with van der Waals surface area (Å²) in [6.45, 7) is 3.50. The van der Waals surface area contributed by atoms with Gasteiger partial charge >= 0.3 is 0 Å². The van der Waals surface area contributed by atoms with Crippen molar-refractivity contribution < 1.29 is 17.6 Å². The molecule has 0 atom stereocenters. The van der Waals surface area contributed by atoms with Gasteiger partial charge in [0, 0.05) is 12.7 Å². The highest BCUT2D eigenvalue weighted by atomic mass is 35.5. The number of carbonyl (C=O) groups excluding carboxylic acids is 1. The molecule has 1 aliphatic heterocycles. The third-order valence-electron chi connectivity index (χ3n) is 4.32. The Bertz CT molecular complexity index is 989. The number of hydrogen-bond donors (Lipinski definition) is 1. The molecule has 5 nitrogen and oxygen atoms in total. The summed E-state index contributed by atoms with van der Waals surface area (Å²) >= 11 is 5.68. The van der Waals surface area contributed by atoms with Crippen LogP contribution in [-0.2, 0) is 20.2 Å². The molecule has 8 heteroatoms. The first-order chi connectivity index (χ1) is 11.5. The van der Waals surface area contributed by atoms with Crippen LogP contribution in [-0.4, -0.2) is 21.4 Å². The number of carbonyl (C=O) groups is 1. The van der Waals surface area contributed by atoms with Crippen molar-refractivity contribution in [2.24, 2.45) is 0 Å². The first kappa shape index (κ1) is 17.7. The van der Waals surface area contributed by atoms with Crippen LogP contribution in [0.3, 0.4) is 0 Å². The van der Waals surface area contributed by atoms with Crippen molar-refractivity contribution in [1.29, 1.82) is 0 Å². The fourth-order valence-electron chi connectivity index (χ4n) is 2.89. The predicted molar refractivity (Wildman–Crippen MR) is 95.1 cm³/mol. The van der Waals surface area contributed by atoms with Crippen molar-refractivity contribution in [2.75, 3.05) is 16.7 Å². The molecule has 0 unspecified atom stereocenters. The van der Waals surface area contributed by atoms with E-state index in [2.05, 4.69) is 4.72 Å². The van der Waals surface area contributed by atoms with Crippen LogP contribution in [0, 0.1) is 5.82 Å². The number of sulfonamides is 1. The molecule has 0 fully saturated rings. The monoisotopic (exact) mass is 382 g/mol. The number of nitrogens with one attached hydrogen (secondary N) is 1. The molecule has 3 rings (SSSR count). The van der Waals surface area contributed by atoms with Gasteiger partial charge in [-0.05, 0) is 55.8 Å². The number of rotatable bonds is 3. The highest BCUT2D eigenvalue weighted by Crippen LogP contribution is 2.41. The zero-order chi connectivity index (χ0) is 18.6. The minimum absolute atomic E-state index is 0.0165. The fraction of sp³-hybridized carbons (Fsp3) is 0.235. The quantitative estimate of drug-likeness (QED) is 0.883. The molecule has 25 heavy (non-hydrogen) atoms. The van der Waals surface area contributed by atoms with Gasteiger partial charge in [0.2, 0.25) is 5.91 Å². The number of benzene rings is 2. The normalized spacial score (nSPS) is 16.0. The van der Waals surface area contributed by atoms with Gasteiger partial charge in [-0.1, -0.05) is 11.6 Å². The first-order valence-electron chi connectivity index (χ1n) is 7.44. The summed E-state index contributed by atoms with van der Waals surface area (Å²) < 4.78 is 40.8. The van der Waals surface area contributed by atoms with Crippen LogP contribution in [0.2, 0.25) is 5.02 Å².